The highest BCUT2D eigenvalue weighted by Crippen LogP contribution is 2.33. The molecule has 198 valence electrons. The Bertz CT molecular complexity index is 1280. The minimum Gasteiger partial charge on any atom is -0.492 e. The summed E-state index contributed by atoms with van der Waals surface area (Å²) in [5.74, 6) is -0.886. The van der Waals surface area contributed by atoms with Crippen molar-refractivity contribution in [1.29, 1.82) is 0 Å². The number of rotatable bonds is 9. The Kier molecular flexibility index (Phi) is 7.84. The molecule has 0 spiro atoms. The summed E-state index contributed by atoms with van der Waals surface area (Å²) in [5.41, 5.74) is -0.466. The van der Waals surface area contributed by atoms with Crippen molar-refractivity contribution in [1.82, 2.24) is 14.5 Å². The normalized spacial score (nSPS) is 20.5. The van der Waals surface area contributed by atoms with Crippen LogP contribution in [0.5, 0.6) is 5.75 Å². The molecule has 0 unspecified atom stereocenters. The number of ether oxygens (including phenoxy) is 1. The molecule has 2 fully saturated rings. The van der Waals surface area contributed by atoms with Crippen LogP contribution in [0.2, 0.25) is 0 Å². The van der Waals surface area contributed by atoms with E-state index < -0.39 is 40.0 Å². The van der Waals surface area contributed by atoms with E-state index in [4.69, 9.17) is 4.74 Å². The van der Waals surface area contributed by atoms with Gasteiger partial charge in [-0.15, -0.1) is 0 Å². The van der Waals surface area contributed by atoms with Crippen molar-refractivity contribution in [3.05, 3.63) is 54.1 Å². The molecule has 11 heteroatoms. The molecular formula is C26H32N4O6S. The van der Waals surface area contributed by atoms with Crippen LogP contribution in [-0.4, -0.2) is 61.7 Å². The Morgan fingerprint density at radius 2 is 1.76 bits per heavy atom. The molecule has 2 aromatic rings. The lowest BCUT2D eigenvalue weighted by Crippen LogP contribution is -2.44. The lowest BCUT2D eigenvalue weighted by molar-refractivity contribution is -0.134. The molecule has 0 radical (unpaired) electrons. The van der Waals surface area contributed by atoms with Crippen molar-refractivity contribution in [3.8, 4) is 5.75 Å². The molecule has 0 bridgehead atoms. The summed E-state index contributed by atoms with van der Waals surface area (Å²) in [6, 6.07) is 12.5. The number of anilines is 1. The number of piperidine rings is 1. The highest BCUT2D eigenvalue weighted by Gasteiger charge is 2.51. The van der Waals surface area contributed by atoms with Gasteiger partial charge in [-0.3, -0.25) is 14.5 Å². The van der Waals surface area contributed by atoms with Crippen molar-refractivity contribution < 1.29 is 27.5 Å². The quantitative estimate of drug-likeness (QED) is 0.482. The third-order valence-electron chi connectivity index (χ3n) is 6.75. The van der Waals surface area contributed by atoms with Gasteiger partial charge in [0.05, 0.1) is 17.2 Å². The summed E-state index contributed by atoms with van der Waals surface area (Å²) in [7, 11) is -3.74. The van der Waals surface area contributed by atoms with E-state index in [1.807, 2.05) is 6.07 Å². The number of sulfonamides is 1. The average molecular weight is 529 g/mol. The van der Waals surface area contributed by atoms with Crippen molar-refractivity contribution in [2.45, 2.75) is 50.0 Å². The Balaban J connectivity index is 1.55. The molecule has 4 rings (SSSR count). The first-order valence-corrected chi connectivity index (χ1v) is 13.9. The highest BCUT2D eigenvalue weighted by molar-refractivity contribution is 7.89. The summed E-state index contributed by atoms with van der Waals surface area (Å²) in [5, 5.41) is 5.39. The molecule has 2 heterocycles. The number of urea groups is 1. The van der Waals surface area contributed by atoms with Gasteiger partial charge in [-0.2, -0.15) is 4.31 Å². The molecular weight excluding hydrogens is 496 g/mol. The predicted molar refractivity (Wildman–Crippen MR) is 138 cm³/mol. The van der Waals surface area contributed by atoms with Gasteiger partial charge in [-0.25, -0.2) is 13.2 Å². The van der Waals surface area contributed by atoms with E-state index in [9.17, 15) is 22.8 Å². The molecule has 2 aromatic carbocycles. The Morgan fingerprint density at radius 1 is 1.05 bits per heavy atom. The number of amides is 4. The lowest BCUT2D eigenvalue weighted by Gasteiger charge is -2.26. The molecule has 1 atom stereocenters. The zero-order valence-corrected chi connectivity index (χ0v) is 21.8. The van der Waals surface area contributed by atoms with Crippen LogP contribution in [0.4, 0.5) is 10.5 Å². The largest absolute Gasteiger partial charge is 0.492 e. The Hall–Kier alpha value is -3.44. The number of carbonyl (C=O) groups is 3. The number of hydrogen-bond acceptors (Lipinski definition) is 6. The van der Waals surface area contributed by atoms with Crippen LogP contribution in [-0.2, 0) is 25.2 Å². The van der Waals surface area contributed by atoms with Gasteiger partial charge in [-0.05, 0) is 49.9 Å². The van der Waals surface area contributed by atoms with E-state index in [-0.39, 0.29) is 16.3 Å². The van der Waals surface area contributed by atoms with Crippen LogP contribution in [0.15, 0.2) is 53.4 Å². The van der Waals surface area contributed by atoms with Crippen LogP contribution < -0.4 is 15.4 Å². The molecule has 10 nitrogen and oxygen atoms in total. The van der Waals surface area contributed by atoms with Crippen molar-refractivity contribution in [3.63, 3.8) is 0 Å². The van der Waals surface area contributed by atoms with Crippen LogP contribution in [0.25, 0.3) is 0 Å². The first-order chi connectivity index (χ1) is 17.7. The van der Waals surface area contributed by atoms with Gasteiger partial charge >= 0.3 is 6.03 Å². The summed E-state index contributed by atoms with van der Waals surface area (Å²) in [4.78, 5) is 40.0. The molecule has 0 saturated carbocycles. The second-order valence-electron chi connectivity index (χ2n) is 9.05. The number of nitrogens with one attached hydrogen (secondary N) is 2. The molecule has 0 aromatic heterocycles. The van der Waals surface area contributed by atoms with Gasteiger partial charge in [0.1, 0.15) is 17.8 Å². The number of carbonyl (C=O) groups excluding carboxylic acids is 3. The monoisotopic (exact) mass is 528 g/mol. The average Bonchev–Trinajstić information content (AvgIpc) is 3.15. The number of nitrogens with zero attached hydrogens (tertiary/aromatic N) is 2. The van der Waals surface area contributed by atoms with E-state index in [0.29, 0.717) is 31.7 Å². The van der Waals surface area contributed by atoms with Gasteiger partial charge in [0.2, 0.25) is 15.9 Å². The zero-order chi connectivity index (χ0) is 26.6. The van der Waals surface area contributed by atoms with Crippen molar-refractivity contribution >= 4 is 33.6 Å². The number of imide groups is 1. The van der Waals surface area contributed by atoms with E-state index in [1.165, 1.54) is 22.5 Å². The zero-order valence-electron chi connectivity index (χ0n) is 21.0. The first kappa shape index (κ1) is 26.6. The van der Waals surface area contributed by atoms with E-state index in [1.54, 1.807) is 38.1 Å². The third-order valence-corrected chi connectivity index (χ3v) is 8.65. The van der Waals surface area contributed by atoms with Gasteiger partial charge in [0.15, 0.2) is 0 Å². The second kappa shape index (κ2) is 10.9. The Morgan fingerprint density at radius 3 is 2.41 bits per heavy atom. The first-order valence-electron chi connectivity index (χ1n) is 12.5. The maximum Gasteiger partial charge on any atom is 0.325 e. The highest BCUT2D eigenvalue weighted by atomic mass is 32.2. The molecule has 4 amide bonds. The van der Waals surface area contributed by atoms with Crippen LogP contribution in [0.3, 0.4) is 0 Å². The smallest absolute Gasteiger partial charge is 0.325 e. The molecule has 2 aliphatic rings. The summed E-state index contributed by atoms with van der Waals surface area (Å²) in [6.07, 6.45) is 2.90. The Labute approximate surface area is 217 Å². The topological polar surface area (TPSA) is 125 Å². The summed E-state index contributed by atoms with van der Waals surface area (Å²) < 4.78 is 33.4. The van der Waals surface area contributed by atoms with Crippen molar-refractivity contribution in [2.75, 3.05) is 31.6 Å². The van der Waals surface area contributed by atoms with Gasteiger partial charge < -0.3 is 15.4 Å². The maximum atomic E-state index is 13.3. The SMILES string of the molecule is CCOc1ccc(S(=O)(=O)N2CCCCC2)cc1NC(=O)CN1C(=O)N[C@@](CC)(c2ccccc2)C1=O. The second-order valence-corrected chi connectivity index (χ2v) is 11.0. The summed E-state index contributed by atoms with van der Waals surface area (Å²) in [6.45, 7) is 4.22. The fourth-order valence-electron chi connectivity index (χ4n) is 4.77. The summed E-state index contributed by atoms with van der Waals surface area (Å²) >= 11 is 0. The van der Waals surface area contributed by atoms with Crippen LogP contribution in [0, 0.1) is 0 Å². The number of hydrogen-bond donors (Lipinski definition) is 2. The fourth-order valence-corrected chi connectivity index (χ4v) is 6.31. The maximum absolute atomic E-state index is 13.3. The minimum atomic E-state index is -3.74. The molecule has 2 N–H and O–H groups in total. The van der Waals surface area contributed by atoms with E-state index in [0.717, 1.165) is 24.2 Å². The molecule has 2 saturated heterocycles. The number of benzene rings is 2. The standard InChI is InChI=1S/C26H32N4O6S/c1-3-26(19-11-7-5-8-12-19)24(32)30(25(33)28-26)18-23(31)27-21-17-20(13-14-22(21)36-4-2)37(34,35)29-15-9-6-10-16-29/h5,7-8,11-14,17H,3-4,6,9-10,15-16,18H2,1-2H3,(H,27,31)(H,28,33)/t26-/m0/s1. The molecule has 2 aliphatic heterocycles. The van der Waals surface area contributed by atoms with Crippen LogP contribution >= 0.6 is 0 Å². The molecule has 0 aliphatic carbocycles. The lowest BCUT2D eigenvalue weighted by atomic mass is 9.87. The van der Waals surface area contributed by atoms with Gasteiger partial charge in [0.25, 0.3) is 5.91 Å². The van der Waals surface area contributed by atoms with E-state index in [2.05, 4.69) is 10.6 Å². The fraction of sp³-hybridized carbons (Fsp3) is 0.423. The van der Waals surface area contributed by atoms with Gasteiger partial charge in [0, 0.05) is 13.1 Å². The van der Waals surface area contributed by atoms with Crippen molar-refractivity contribution in [2.24, 2.45) is 0 Å². The van der Waals surface area contributed by atoms with Crippen LogP contribution in [0.1, 0.15) is 45.1 Å². The van der Waals surface area contributed by atoms with E-state index >= 15 is 0 Å². The molecule has 37 heavy (non-hydrogen) atoms. The minimum absolute atomic E-state index is 0.0391. The third kappa shape index (κ3) is 5.19. The van der Waals surface area contributed by atoms with Gasteiger partial charge in [-0.1, -0.05) is 43.7 Å². The predicted octanol–water partition coefficient (Wildman–Crippen LogP) is 3.06.